The second-order valence-corrected chi connectivity index (χ2v) is 4.75. The van der Waals surface area contributed by atoms with Crippen LogP contribution in [0.4, 0.5) is 17.3 Å². The molecule has 1 aromatic carbocycles. The van der Waals surface area contributed by atoms with Gasteiger partial charge in [-0.05, 0) is 24.6 Å². The van der Waals surface area contributed by atoms with Crippen molar-refractivity contribution < 1.29 is 0 Å². The largest absolute Gasteiger partial charge is 0.373 e. The molecule has 1 heterocycles. The van der Waals surface area contributed by atoms with Crippen molar-refractivity contribution in [2.75, 3.05) is 24.3 Å². The minimum absolute atomic E-state index is 0.635. The molecular weight excluding hydrogens is 262 g/mol. The van der Waals surface area contributed by atoms with Crippen molar-refractivity contribution in [3.8, 4) is 6.07 Å². The highest BCUT2D eigenvalue weighted by atomic mass is 15.2. The number of rotatable bonds is 5. The Morgan fingerprint density at radius 2 is 2.10 bits per heavy atom. The highest BCUT2D eigenvalue weighted by molar-refractivity contribution is 5.63. The fraction of sp³-hybridized carbons (Fsp3) is 0.312. The minimum Gasteiger partial charge on any atom is -0.373 e. The van der Waals surface area contributed by atoms with E-state index in [0.717, 1.165) is 36.0 Å². The van der Waals surface area contributed by atoms with Gasteiger partial charge in [-0.25, -0.2) is 9.97 Å². The molecule has 5 nitrogen and oxygen atoms in total. The van der Waals surface area contributed by atoms with E-state index in [1.807, 2.05) is 43.3 Å². The molecule has 0 aliphatic heterocycles. The maximum absolute atomic E-state index is 9.01. The zero-order chi connectivity index (χ0) is 15.2. The number of nitrogens with zero attached hydrogens (tertiary/aromatic N) is 4. The van der Waals surface area contributed by atoms with Crippen LogP contribution >= 0.6 is 0 Å². The van der Waals surface area contributed by atoms with Gasteiger partial charge in [-0.15, -0.1) is 0 Å². The van der Waals surface area contributed by atoms with Gasteiger partial charge in [0, 0.05) is 32.3 Å². The topological polar surface area (TPSA) is 64.8 Å². The summed E-state index contributed by atoms with van der Waals surface area (Å²) in [5.41, 5.74) is 1.56. The average molecular weight is 281 g/mol. The number of anilines is 3. The van der Waals surface area contributed by atoms with Crippen LogP contribution in [-0.2, 0) is 6.42 Å². The standard InChI is InChI=1S/C16H19N5/c1-4-6-14-19-15(18-2)10-16(20-14)21(3)13-8-5-7-12(9-13)11-17/h5,7-10H,4,6H2,1-3H3,(H,18,19,20). The number of hydrogen-bond acceptors (Lipinski definition) is 5. The zero-order valence-corrected chi connectivity index (χ0v) is 12.6. The summed E-state index contributed by atoms with van der Waals surface area (Å²) >= 11 is 0. The van der Waals surface area contributed by atoms with Crippen molar-refractivity contribution in [3.63, 3.8) is 0 Å². The summed E-state index contributed by atoms with van der Waals surface area (Å²) in [6, 6.07) is 11.5. The first-order valence-corrected chi connectivity index (χ1v) is 6.97. The zero-order valence-electron chi connectivity index (χ0n) is 12.6. The molecule has 0 unspecified atom stereocenters. The van der Waals surface area contributed by atoms with Gasteiger partial charge >= 0.3 is 0 Å². The van der Waals surface area contributed by atoms with Gasteiger partial charge in [-0.2, -0.15) is 5.26 Å². The molecule has 0 atom stereocenters. The Morgan fingerprint density at radius 1 is 1.29 bits per heavy atom. The van der Waals surface area contributed by atoms with Crippen LogP contribution in [0.3, 0.4) is 0 Å². The van der Waals surface area contributed by atoms with Crippen molar-refractivity contribution in [2.45, 2.75) is 19.8 Å². The Morgan fingerprint density at radius 3 is 2.76 bits per heavy atom. The molecule has 0 spiro atoms. The molecule has 0 fully saturated rings. The van der Waals surface area contributed by atoms with Gasteiger partial charge in [-0.1, -0.05) is 13.0 Å². The Labute approximate surface area is 125 Å². The monoisotopic (exact) mass is 281 g/mol. The molecule has 0 aliphatic carbocycles. The van der Waals surface area contributed by atoms with Crippen molar-refractivity contribution in [1.82, 2.24) is 9.97 Å². The number of nitrogens with one attached hydrogen (secondary N) is 1. The van der Waals surface area contributed by atoms with Gasteiger partial charge in [-0.3, -0.25) is 0 Å². The molecule has 108 valence electrons. The SMILES string of the molecule is CCCc1nc(NC)cc(N(C)c2cccc(C#N)c2)n1. The minimum atomic E-state index is 0.635. The maximum atomic E-state index is 9.01. The molecule has 0 saturated heterocycles. The van der Waals surface area contributed by atoms with E-state index >= 15 is 0 Å². The summed E-state index contributed by atoms with van der Waals surface area (Å²) in [5, 5.41) is 12.1. The van der Waals surface area contributed by atoms with Crippen molar-refractivity contribution in [1.29, 1.82) is 5.26 Å². The van der Waals surface area contributed by atoms with Crippen LogP contribution in [0.15, 0.2) is 30.3 Å². The lowest BCUT2D eigenvalue weighted by molar-refractivity contribution is 0.832. The lowest BCUT2D eigenvalue weighted by Crippen LogP contribution is -2.14. The van der Waals surface area contributed by atoms with Crippen molar-refractivity contribution >= 4 is 17.3 Å². The Balaban J connectivity index is 2.39. The highest BCUT2D eigenvalue weighted by Crippen LogP contribution is 2.24. The van der Waals surface area contributed by atoms with E-state index in [1.165, 1.54) is 0 Å². The molecule has 0 bridgehead atoms. The quantitative estimate of drug-likeness (QED) is 0.912. The van der Waals surface area contributed by atoms with Crippen LogP contribution in [-0.4, -0.2) is 24.1 Å². The number of benzene rings is 1. The molecule has 5 heteroatoms. The molecule has 0 radical (unpaired) electrons. The molecular formula is C16H19N5. The number of nitriles is 1. The molecule has 1 N–H and O–H groups in total. The van der Waals surface area contributed by atoms with Crippen LogP contribution in [0.25, 0.3) is 0 Å². The third kappa shape index (κ3) is 3.48. The summed E-state index contributed by atoms with van der Waals surface area (Å²) in [7, 11) is 3.78. The molecule has 0 saturated carbocycles. The molecule has 0 aliphatic rings. The van der Waals surface area contributed by atoms with Gasteiger partial charge in [0.25, 0.3) is 0 Å². The predicted octanol–water partition coefficient (Wildman–Crippen LogP) is 3.11. The second kappa shape index (κ2) is 6.71. The van der Waals surface area contributed by atoms with Crippen molar-refractivity contribution in [2.24, 2.45) is 0 Å². The van der Waals surface area contributed by atoms with E-state index in [1.54, 1.807) is 6.07 Å². The van der Waals surface area contributed by atoms with Crippen LogP contribution in [0.5, 0.6) is 0 Å². The van der Waals surface area contributed by atoms with E-state index in [0.29, 0.717) is 5.56 Å². The first kappa shape index (κ1) is 14.8. The lowest BCUT2D eigenvalue weighted by atomic mass is 10.2. The lowest BCUT2D eigenvalue weighted by Gasteiger charge is -2.20. The Hall–Kier alpha value is -2.61. The third-order valence-corrected chi connectivity index (χ3v) is 3.19. The van der Waals surface area contributed by atoms with E-state index < -0.39 is 0 Å². The molecule has 21 heavy (non-hydrogen) atoms. The normalized spacial score (nSPS) is 10.0. The van der Waals surface area contributed by atoms with E-state index in [2.05, 4.69) is 28.3 Å². The average Bonchev–Trinajstić information content (AvgIpc) is 2.54. The second-order valence-electron chi connectivity index (χ2n) is 4.75. The molecule has 2 aromatic rings. The summed E-state index contributed by atoms with van der Waals surface area (Å²) in [4.78, 5) is 11.0. The fourth-order valence-corrected chi connectivity index (χ4v) is 2.03. The van der Waals surface area contributed by atoms with Crippen LogP contribution in [0, 0.1) is 11.3 Å². The summed E-state index contributed by atoms with van der Waals surface area (Å²) in [6.45, 7) is 2.11. The summed E-state index contributed by atoms with van der Waals surface area (Å²) < 4.78 is 0. The molecule has 2 rings (SSSR count). The number of hydrogen-bond donors (Lipinski definition) is 1. The summed E-state index contributed by atoms with van der Waals surface area (Å²) in [5.74, 6) is 2.43. The van der Waals surface area contributed by atoms with E-state index in [9.17, 15) is 0 Å². The third-order valence-electron chi connectivity index (χ3n) is 3.19. The first-order valence-electron chi connectivity index (χ1n) is 6.97. The van der Waals surface area contributed by atoms with Crippen molar-refractivity contribution in [3.05, 3.63) is 41.7 Å². The first-order chi connectivity index (χ1) is 10.2. The predicted molar refractivity (Wildman–Crippen MR) is 84.8 cm³/mol. The Kier molecular flexibility index (Phi) is 4.72. The maximum Gasteiger partial charge on any atom is 0.138 e. The molecule has 1 aromatic heterocycles. The van der Waals surface area contributed by atoms with Gasteiger partial charge < -0.3 is 10.2 Å². The van der Waals surface area contributed by atoms with Crippen LogP contribution in [0.2, 0.25) is 0 Å². The van der Waals surface area contributed by atoms with Gasteiger partial charge in [0.2, 0.25) is 0 Å². The fourth-order valence-electron chi connectivity index (χ4n) is 2.03. The van der Waals surface area contributed by atoms with Crippen LogP contribution < -0.4 is 10.2 Å². The van der Waals surface area contributed by atoms with Crippen LogP contribution in [0.1, 0.15) is 24.7 Å². The van der Waals surface area contributed by atoms with E-state index in [4.69, 9.17) is 5.26 Å². The summed E-state index contributed by atoms with van der Waals surface area (Å²) in [6.07, 6.45) is 1.84. The van der Waals surface area contributed by atoms with Gasteiger partial charge in [0.15, 0.2) is 0 Å². The van der Waals surface area contributed by atoms with E-state index in [-0.39, 0.29) is 0 Å². The van der Waals surface area contributed by atoms with Gasteiger partial charge in [0.05, 0.1) is 11.6 Å². The van der Waals surface area contributed by atoms with Gasteiger partial charge in [0.1, 0.15) is 17.5 Å². The Bertz CT molecular complexity index is 660. The number of aromatic nitrogens is 2. The highest BCUT2D eigenvalue weighted by Gasteiger charge is 2.10. The smallest absolute Gasteiger partial charge is 0.138 e. The molecule has 0 amide bonds. The number of aryl methyl sites for hydroxylation is 1.